The number of hydrogen-bond acceptors (Lipinski definition) is 4. The molecule has 116 valence electrons. The zero-order chi connectivity index (χ0) is 15.2. The molecule has 0 aliphatic carbocycles. The first kappa shape index (κ1) is 15.8. The Morgan fingerprint density at radius 1 is 1.48 bits per heavy atom. The van der Waals surface area contributed by atoms with E-state index in [0.717, 1.165) is 24.3 Å². The molecule has 0 spiro atoms. The molecule has 0 aromatic heterocycles. The summed E-state index contributed by atoms with van der Waals surface area (Å²) in [4.78, 5) is 14.0. The molecule has 0 bridgehead atoms. The van der Waals surface area contributed by atoms with E-state index in [2.05, 4.69) is 22.6 Å². The van der Waals surface area contributed by atoms with E-state index in [9.17, 15) is 4.79 Å². The highest BCUT2D eigenvalue weighted by molar-refractivity contribution is 5.89. The predicted molar refractivity (Wildman–Crippen MR) is 83.3 cm³/mol. The van der Waals surface area contributed by atoms with Gasteiger partial charge in [-0.15, -0.1) is 0 Å². The lowest BCUT2D eigenvalue weighted by Crippen LogP contribution is -2.46. The molecule has 1 aromatic carbocycles. The fourth-order valence-corrected chi connectivity index (χ4v) is 2.24. The molecular weight excluding hydrogens is 268 g/mol. The van der Waals surface area contributed by atoms with E-state index in [1.165, 1.54) is 0 Å². The van der Waals surface area contributed by atoms with Crippen molar-refractivity contribution in [3.05, 3.63) is 29.8 Å². The quantitative estimate of drug-likeness (QED) is 0.778. The minimum atomic E-state index is -0.222. The second kappa shape index (κ2) is 7.40. The second-order valence-electron chi connectivity index (χ2n) is 5.50. The fraction of sp³-hybridized carbons (Fsp3) is 0.533. The molecule has 1 aromatic rings. The van der Waals surface area contributed by atoms with Gasteiger partial charge in [0.1, 0.15) is 0 Å². The Hall–Kier alpha value is -1.63. The van der Waals surface area contributed by atoms with Gasteiger partial charge in [-0.3, -0.25) is 0 Å². The van der Waals surface area contributed by atoms with Crippen molar-refractivity contribution in [3.63, 3.8) is 0 Å². The van der Waals surface area contributed by atoms with Crippen LogP contribution < -0.4 is 16.4 Å². The number of hydrogen-bond donors (Lipinski definition) is 3. The standard InChI is InChI=1S/C15H24N4O2/c1-11(16)12-3-5-13(6-4-12)18-15(20)17-9-14-10-19(2)7-8-21-14/h3-6,11,14H,7-10,16H2,1-2H3,(H2,17,18,20). The summed E-state index contributed by atoms with van der Waals surface area (Å²) in [6.45, 7) is 4.92. The van der Waals surface area contributed by atoms with Gasteiger partial charge in [0.25, 0.3) is 0 Å². The Morgan fingerprint density at radius 3 is 2.81 bits per heavy atom. The number of carbonyl (C=O) groups excluding carboxylic acids is 1. The van der Waals surface area contributed by atoms with Crippen LogP contribution in [-0.2, 0) is 4.74 Å². The van der Waals surface area contributed by atoms with Crippen molar-refractivity contribution in [2.45, 2.75) is 19.1 Å². The molecule has 2 amide bonds. The summed E-state index contributed by atoms with van der Waals surface area (Å²) in [5.41, 5.74) is 7.58. The van der Waals surface area contributed by atoms with Gasteiger partial charge in [-0.05, 0) is 31.7 Å². The molecule has 1 aliphatic rings. The number of urea groups is 1. The zero-order valence-electron chi connectivity index (χ0n) is 12.6. The minimum Gasteiger partial charge on any atom is -0.374 e. The number of nitrogens with zero attached hydrogens (tertiary/aromatic N) is 1. The molecule has 6 heteroatoms. The lowest BCUT2D eigenvalue weighted by atomic mass is 10.1. The maximum Gasteiger partial charge on any atom is 0.319 e. The average molecular weight is 292 g/mol. The zero-order valence-corrected chi connectivity index (χ0v) is 12.6. The molecule has 2 unspecified atom stereocenters. The summed E-state index contributed by atoms with van der Waals surface area (Å²) < 4.78 is 5.59. The predicted octanol–water partition coefficient (Wildman–Crippen LogP) is 1.16. The molecule has 2 rings (SSSR count). The highest BCUT2D eigenvalue weighted by atomic mass is 16.5. The Balaban J connectivity index is 1.76. The number of morpholine rings is 1. The number of rotatable bonds is 4. The van der Waals surface area contributed by atoms with Crippen LogP contribution in [-0.4, -0.2) is 50.3 Å². The summed E-state index contributed by atoms with van der Waals surface area (Å²) >= 11 is 0. The number of nitrogens with two attached hydrogens (primary N) is 1. The van der Waals surface area contributed by atoms with Crippen LogP contribution in [0.4, 0.5) is 10.5 Å². The van der Waals surface area contributed by atoms with Crippen LogP contribution in [0.25, 0.3) is 0 Å². The van der Waals surface area contributed by atoms with E-state index in [-0.39, 0.29) is 18.2 Å². The van der Waals surface area contributed by atoms with E-state index >= 15 is 0 Å². The van der Waals surface area contributed by atoms with Crippen LogP contribution in [0, 0.1) is 0 Å². The Bertz CT molecular complexity index is 461. The molecule has 6 nitrogen and oxygen atoms in total. The van der Waals surface area contributed by atoms with Crippen molar-refractivity contribution in [2.75, 3.05) is 38.6 Å². The van der Waals surface area contributed by atoms with Gasteiger partial charge in [0, 0.05) is 31.4 Å². The number of amides is 2. The van der Waals surface area contributed by atoms with Crippen molar-refractivity contribution in [1.82, 2.24) is 10.2 Å². The number of ether oxygens (including phenoxy) is 1. The van der Waals surface area contributed by atoms with E-state index in [4.69, 9.17) is 10.5 Å². The van der Waals surface area contributed by atoms with Crippen molar-refractivity contribution in [1.29, 1.82) is 0 Å². The summed E-state index contributed by atoms with van der Waals surface area (Å²) in [6.07, 6.45) is 0.0509. The van der Waals surface area contributed by atoms with Gasteiger partial charge in [0.05, 0.1) is 12.7 Å². The fourth-order valence-electron chi connectivity index (χ4n) is 2.24. The molecule has 21 heavy (non-hydrogen) atoms. The van der Waals surface area contributed by atoms with Gasteiger partial charge in [-0.2, -0.15) is 0 Å². The summed E-state index contributed by atoms with van der Waals surface area (Å²) in [5, 5.41) is 5.63. The lowest BCUT2D eigenvalue weighted by Gasteiger charge is -2.30. The van der Waals surface area contributed by atoms with Crippen LogP contribution in [0.15, 0.2) is 24.3 Å². The summed E-state index contributed by atoms with van der Waals surface area (Å²) in [6, 6.07) is 7.30. The van der Waals surface area contributed by atoms with Gasteiger partial charge in [0.2, 0.25) is 0 Å². The van der Waals surface area contributed by atoms with Gasteiger partial charge in [0.15, 0.2) is 0 Å². The first-order valence-corrected chi connectivity index (χ1v) is 7.25. The van der Waals surface area contributed by atoms with Gasteiger partial charge in [-0.25, -0.2) is 4.79 Å². The molecular formula is C15H24N4O2. The van der Waals surface area contributed by atoms with E-state index in [1.807, 2.05) is 31.2 Å². The number of nitrogens with one attached hydrogen (secondary N) is 2. The van der Waals surface area contributed by atoms with E-state index < -0.39 is 0 Å². The molecule has 4 N–H and O–H groups in total. The first-order valence-electron chi connectivity index (χ1n) is 7.25. The smallest absolute Gasteiger partial charge is 0.319 e. The molecule has 0 saturated carbocycles. The number of likely N-dealkylation sites (N-methyl/N-ethyl adjacent to an activating group) is 1. The second-order valence-corrected chi connectivity index (χ2v) is 5.50. The van der Waals surface area contributed by atoms with Gasteiger partial charge >= 0.3 is 6.03 Å². The van der Waals surface area contributed by atoms with Crippen LogP contribution in [0.5, 0.6) is 0 Å². The third kappa shape index (κ3) is 5.00. The SMILES string of the molecule is CC(N)c1ccc(NC(=O)NCC2CN(C)CCO2)cc1. The molecule has 1 saturated heterocycles. The Kier molecular flexibility index (Phi) is 5.55. The number of carbonyl (C=O) groups is 1. The number of benzene rings is 1. The summed E-state index contributed by atoms with van der Waals surface area (Å²) in [5.74, 6) is 0. The largest absolute Gasteiger partial charge is 0.374 e. The van der Waals surface area contributed by atoms with Gasteiger partial charge < -0.3 is 26.0 Å². The van der Waals surface area contributed by atoms with E-state index in [1.54, 1.807) is 0 Å². The minimum absolute atomic E-state index is 0.00619. The van der Waals surface area contributed by atoms with Crippen molar-refractivity contribution in [2.24, 2.45) is 5.73 Å². The highest BCUT2D eigenvalue weighted by Crippen LogP contribution is 2.14. The first-order chi connectivity index (χ1) is 10.0. The molecule has 2 atom stereocenters. The van der Waals surface area contributed by atoms with Crippen LogP contribution in [0.3, 0.4) is 0 Å². The Morgan fingerprint density at radius 2 is 2.19 bits per heavy atom. The lowest BCUT2D eigenvalue weighted by molar-refractivity contribution is -0.0166. The summed E-state index contributed by atoms with van der Waals surface area (Å²) in [7, 11) is 2.05. The van der Waals surface area contributed by atoms with Crippen molar-refractivity contribution < 1.29 is 9.53 Å². The topological polar surface area (TPSA) is 79.6 Å². The maximum atomic E-state index is 11.8. The normalized spacial score (nSPS) is 20.8. The molecule has 1 aliphatic heterocycles. The maximum absolute atomic E-state index is 11.8. The van der Waals surface area contributed by atoms with Crippen molar-refractivity contribution >= 4 is 11.7 Å². The highest BCUT2D eigenvalue weighted by Gasteiger charge is 2.18. The van der Waals surface area contributed by atoms with Crippen molar-refractivity contribution in [3.8, 4) is 0 Å². The molecule has 1 fully saturated rings. The molecule has 0 radical (unpaired) electrons. The van der Waals surface area contributed by atoms with Crippen LogP contribution >= 0.6 is 0 Å². The van der Waals surface area contributed by atoms with Crippen LogP contribution in [0.2, 0.25) is 0 Å². The third-order valence-corrected chi connectivity index (χ3v) is 3.53. The Labute approximate surface area is 125 Å². The average Bonchev–Trinajstić information content (AvgIpc) is 2.46. The van der Waals surface area contributed by atoms with Gasteiger partial charge in [-0.1, -0.05) is 12.1 Å². The van der Waals surface area contributed by atoms with Crippen LogP contribution in [0.1, 0.15) is 18.5 Å². The molecule has 1 heterocycles. The third-order valence-electron chi connectivity index (χ3n) is 3.53. The number of anilines is 1. The van der Waals surface area contributed by atoms with E-state index in [0.29, 0.717) is 13.2 Å². The monoisotopic (exact) mass is 292 g/mol.